The predicted octanol–water partition coefficient (Wildman–Crippen LogP) is 2.44. The van der Waals surface area contributed by atoms with E-state index in [1.54, 1.807) is 0 Å². The summed E-state index contributed by atoms with van der Waals surface area (Å²) in [5.41, 5.74) is 0. The first-order valence-corrected chi connectivity index (χ1v) is 8.29. The SMILES string of the molecule is O=C(O)CCCCCCCCCCCN(CC(=O)O)CC(=O)O. The van der Waals surface area contributed by atoms with Crippen LogP contribution in [0.3, 0.4) is 0 Å². The minimum Gasteiger partial charge on any atom is -0.481 e. The van der Waals surface area contributed by atoms with Crippen molar-refractivity contribution in [2.45, 2.75) is 64.2 Å². The van der Waals surface area contributed by atoms with Crippen LogP contribution in [0.5, 0.6) is 0 Å². The molecule has 0 saturated carbocycles. The van der Waals surface area contributed by atoms with Crippen molar-refractivity contribution in [2.24, 2.45) is 0 Å². The summed E-state index contributed by atoms with van der Waals surface area (Å²) in [6, 6.07) is 0. The van der Waals surface area contributed by atoms with Crippen molar-refractivity contribution in [3.05, 3.63) is 0 Å². The summed E-state index contributed by atoms with van der Waals surface area (Å²) in [6.07, 6.45) is 9.21. The summed E-state index contributed by atoms with van der Waals surface area (Å²) in [6.45, 7) is 0.0269. The number of unbranched alkanes of at least 4 members (excludes halogenated alkanes) is 8. The number of carboxylic acids is 3. The topological polar surface area (TPSA) is 115 Å². The van der Waals surface area contributed by atoms with Crippen molar-refractivity contribution in [1.82, 2.24) is 4.90 Å². The van der Waals surface area contributed by atoms with Crippen molar-refractivity contribution in [3.8, 4) is 0 Å². The minimum atomic E-state index is -1.01. The van der Waals surface area contributed by atoms with Crippen LogP contribution in [0, 0.1) is 0 Å². The fourth-order valence-electron chi connectivity index (χ4n) is 2.45. The van der Waals surface area contributed by atoms with Gasteiger partial charge in [-0.3, -0.25) is 19.3 Å². The Balaban J connectivity index is 3.46. The van der Waals surface area contributed by atoms with Crippen LogP contribution in [0.25, 0.3) is 0 Å². The molecule has 0 aromatic heterocycles. The third-order valence-electron chi connectivity index (χ3n) is 3.58. The van der Waals surface area contributed by atoms with Gasteiger partial charge < -0.3 is 15.3 Å². The zero-order chi connectivity index (χ0) is 17.5. The van der Waals surface area contributed by atoms with Gasteiger partial charge in [-0.1, -0.05) is 44.9 Å². The maximum Gasteiger partial charge on any atom is 0.317 e. The number of rotatable bonds is 16. The molecular weight excluding hydrogens is 302 g/mol. The Kier molecular flexibility index (Phi) is 13.0. The largest absolute Gasteiger partial charge is 0.481 e. The Bertz CT molecular complexity index is 342. The second-order valence-electron chi connectivity index (χ2n) is 5.82. The normalized spacial score (nSPS) is 10.8. The maximum atomic E-state index is 10.6. The Labute approximate surface area is 137 Å². The van der Waals surface area contributed by atoms with Gasteiger partial charge in [-0.2, -0.15) is 0 Å². The Morgan fingerprint density at radius 1 is 0.565 bits per heavy atom. The van der Waals surface area contributed by atoms with Crippen LogP contribution < -0.4 is 0 Å². The minimum absolute atomic E-state index is 0.233. The van der Waals surface area contributed by atoms with E-state index in [0.29, 0.717) is 6.54 Å². The van der Waals surface area contributed by atoms with Crippen LogP contribution in [0.2, 0.25) is 0 Å². The van der Waals surface area contributed by atoms with E-state index in [1.807, 2.05) is 0 Å². The molecule has 7 nitrogen and oxygen atoms in total. The molecule has 0 atom stereocenters. The van der Waals surface area contributed by atoms with Crippen molar-refractivity contribution in [3.63, 3.8) is 0 Å². The van der Waals surface area contributed by atoms with E-state index in [0.717, 1.165) is 57.8 Å². The first-order valence-electron chi connectivity index (χ1n) is 8.29. The smallest absolute Gasteiger partial charge is 0.317 e. The molecule has 0 aliphatic rings. The van der Waals surface area contributed by atoms with E-state index in [4.69, 9.17) is 15.3 Å². The van der Waals surface area contributed by atoms with Gasteiger partial charge >= 0.3 is 17.9 Å². The summed E-state index contributed by atoms with van der Waals surface area (Å²) < 4.78 is 0. The molecule has 7 heteroatoms. The van der Waals surface area contributed by atoms with Gasteiger partial charge in [0.1, 0.15) is 0 Å². The molecule has 0 aliphatic heterocycles. The molecule has 0 aromatic rings. The standard InChI is InChI=1S/C16H29NO6/c18-14(19)10-8-6-4-2-1-3-5-7-9-11-17(12-15(20)21)13-16(22)23/h1-13H2,(H,18,19)(H,20,21)(H,22,23). The van der Waals surface area contributed by atoms with Gasteiger partial charge in [0, 0.05) is 6.42 Å². The molecule has 0 heterocycles. The number of aliphatic carboxylic acids is 3. The van der Waals surface area contributed by atoms with E-state index < -0.39 is 17.9 Å². The molecule has 0 aliphatic carbocycles. The number of nitrogens with zero attached hydrogens (tertiary/aromatic N) is 1. The van der Waals surface area contributed by atoms with Crippen LogP contribution in [-0.2, 0) is 14.4 Å². The highest BCUT2D eigenvalue weighted by Gasteiger charge is 2.12. The summed E-state index contributed by atoms with van der Waals surface area (Å²) in [5.74, 6) is -2.74. The van der Waals surface area contributed by atoms with Crippen molar-refractivity contribution >= 4 is 17.9 Å². The van der Waals surface area contributed by atoms with Crippen molar-refractivity contribution in [2.75, 3.05) is 19.6 Å². The van der Waals surface area contributed by atoms with Gasteiger partial charge in [-0.05, 0) is 19.4 Å². The van der Waals surface area contributed by atoms with Crippen molar-refractivity contribution in [1.29, 1.82) is 0 Å². The molecule has 0 spiro atoms. The third-order valence-corrected chi connectivity index (χ3v) is 3.58. The average molecular weight is 331 g/mol. The first kappa shape index (κ1) is 21.4. The molecular formula is C16H29NO6. The van der Waals surface area contributed by atoms with Crippen LogP contribution in [0.15, 0.2) is 0 Å². The molecule has 0 radical (unpaired) electrons. The van der Waals surface area contributed by atoms with Gasteiger partial charge in [-0.25, -0.2) is 0 Å². The molecule has 0 saturated heterocycles. The highest BCUT2D eigenvalue weighted by molar-refractivity contribution is 5.72. The number of hydrogen-bond acceptors (Lipinski definition) is 4. The van der Waals surface area contributed by atoms with E-state index in [9.17, 15) is 14.4 Å². The van der Waals surface area contributed by atoms with Gasteiger partial charge in [0.25, 0.3) is 0 Å². The second-order valence-corrected chi connectivity index (χ2v) is 5.82. The Morgan fingerprint density at radius 3 is 1.35 bits per heavy atom. The van der Waals surface area contributed by atoms with Crippen LogP contribution in [0.1, 0.15) is 64.2 Å². The quantitative estimate of drug-likeness (QED) is 0.372. The van der Waals surface area contributed by atoms with Gasteiger partial charge in [0.15, 0.2) is 0 Å². The monoisotopic (exact) mass is 331 g/mol. The first-order chi connectivity index (χ1) is 10.9. The molecule has 0 aromatic carbocycles. The summed E-state index contributed by atoms with van der Waals surface area (Å²) in [7, 11) is 0. The third kappa shape index (κ3) is 16.6. The van der Waals surface area contributed by atoms with Crippen LogP contribution in [0.4, 0.5) is 0 Å². The lowest BCUT2D eigenvalue weighted by Gasteiger charge is -2.17. The van der Waals surface area contributed by atoms with Crippen molar-refractivity contribution < 1.29 is 29.7 Å². The average Bonchev–Trinajstić information content (AvgIpc) is 2.42. The van der Waals surface area contributed by atoms with Gasteiger partial charge in [0.05, 0.1) is 13.1 Å². The van der Waals surface area contributed by atoms with Gasteiger partial charge in [0.2, 0.25) is 0 Å². The van der Waals surface area contributed by atoms with E-state index in [2.05, 4.69) is 0 Å². The van der Waals surface area contributed by atoms with E-state index in [1.165, 1.54) is 4.90 Å². The van der Waals surface area contributed by atoms with Crippen LogP contribution in [-0.4, -0.2) is 57.8 Å². The molecule has 0 bridgehead atoms. The molecule has 0 amide bonds. The lowest BCUT2D eigenvalue weighted by Crippen LogP contribution is -2.35. The highest BCUT2D eigenvalue weighted by atomic mass is 16.4. The maximum absolute atomic E-state index is 10.6. The second kappa shape index (κ2) is 14.0. The molecule has 23 heavy (non-hydrogen) atoms. The number of hydrogen-bond donors (Lipinski definition) is 3. The lowest BCUT2D eigenvalue weighted by atomic mass is 10.1. The summed E-state index contributed by atoms with van der Waals surface area (Å²) in [4.78, 5) is 33.1. The zero-order valence-electron chi connectivity index (χ0n) is 13.7. The Hall–Kier alpha value is -1.63. The highest BCUT2D eigenvalue weighted by Crippen LogP contribution is 2.11. The number of carbonyl (C=O) groups is 3. The zero-order valence-corrected chi connectivity index (χ0v) is 13.7. The summed E-state index contributed by atoms with van der Waals surface area (Å²) >= 11 is 0. The molecule has 3 N–H and O–H groups in total. The molecule has 0 unspecified atom stereocenters. The predicted molar refractivity (Wildman–Crippen MR) is 85.5 cm³/mol. The molecule has 134 valence electrons. The van der Waals surface area contributed by atoms with Crippen LogP contribution >= 0.6 is 0 Å². The molecule has 0 fully saturated rings. The fraction of sp³-hybridized carbons (Fsp3) is 0.812. The fourth-order valence-corrected chi connectivity index (χ4v) is 2.45. The van der Waals surface area contributed by atoms with E-state index in [-0.39, 0.29) is 19.5 Å². The molecule has 0 rings (SSSR count). The number of carboxylic acid groups (broad SMARTS) is 3. The van der Waals surface area contributed by atoms with E-state index >= 15 is 0 Å². The summed E-state index contributed by atoms with van der Waals surface area (Å²) in [5, 5.41) is 25.9. The van der Waals surface area contributed by atoms with Gasteiger partial charge in [-0.15, -0.1) is 0 Å². The lowest BCUT2D eigenvalue weighted by molar-refractivity contribution is -0.142. The Morgan fingerprint density at radius 2 is 0.957 bits per heavy atom.